The molecule has 2 rings (SSSR count). The number of thiazole rings is 1. The van der Waals surface area contributed by atoms with Gasteiger partial charge in [0, 0.05) is 38.0 Å². The molecule has 0 fully saturated rings. The molecule has 2 amide bonds. The Morgan fingerprint density at radius 1 is 1.30 bits per heavy atom. The first-order valence-corrected chi connectivity index (χ1v) is 7.41. The van der Waals surface area contributed by atoms with Gasteiger partial charge in [-0.15, -0.1) is 11.3 Å². The van der Waals surface area contributed by atoms with Crippen molar-refractivity contribution in [2.45, 2.75) is 13.3 Å². The van der Waals surface area contributed by atoms with Gasteiger partial charge in [-0.2, -0.15) is 0 Å². The number of hydrogen-bond acceptors (Lipinski definition) is 3. The first kappa shape index (κ1) is 14.5. The Kier molecular flexibility index (Phi) is 4.74. The summed E-state index contributed by atoms with van der Waals surface area (Å²) in [7, 11) is 3.46. The zero-order chi connectivity index (χ0) is 14.5. The Bertz CT molecular complexity index is 575. The fourth-order valence-electron chi connectivity index (χ4n) is 1.71. The lowest BCUT2D eigenvalue weighted by Gasteiger charge is -2.10. The van der Waals surface area contributed by atoms with E-state index in [0.29, 0.717) is 6.54 Å². The van der Waals surface area contributed by atoms with Crippen LogP contribution >= 0.6 is 11.3 Å². The van der Waals surface area contributed by atoms with Crippen LogP contribution in [0.5, 0.6) is 0 Å². The van der Waals surface area contributed by atoms with Crippen LogP contribution in [0.25, 0.3) is 10.6 Å². The van der Waals surface area contributed by atoms with Gasteiger partial charge in [-0.25, -0.2) is 9.78 Å². The minimum Gasteiger partial charge on any atom is -0.338 e. The van der Waals surface area contributed by atoms with Crippen molar-refractivity contribution in [3.05, 3.63) is 40.9 Å². The Balaban J connectivity index is 1.92. The zero-order valence-electron chi connectivity index (χ0n) is 12.0. The molecule has 0 aliphatic rings. The van der Waals surface area contributed by atoms with E-state index in [4.69, 9.17) is 0 Å². The molecule has 0 unspecified atom stereocenters. The summed E-state index contributed by atoms with van der Waals surface area (Å²) in [6.07, 6.45) is 0.752. The van der Waals surface area contributed by atoms with Crippen molar-refractivity contribution in [3.8, 4) is 10.6 Å². The van der Waals surface area contributed by atoms with Crippen LogP contribution in [-0.4, -0.2) is 36.6 Å². The molecule has 0 spiro atoms. The zero-order valence-corrected chi connectivity index (χ0v) is 12.8. The summed E-state index contributed by atoms with van der Waals surface area (Å²) in [6, 6.07) is 8.29. The van der Waals surface area contributed by atoms with Gasteiger partial charge in [0.15, 0.2) is 0 Å². The molecule has 0 radical (unpaired) electrons. The Morgan fingerprint density at radius 2 is 2.00 bits per heavy atom. The molecule has 0 aliphatic heterocycles. The van der Waals surface area contributed by atoms with Gasteiger partial charge in [-0.05, 0) is 6.92 Å². The van der Waals surface area contributed by atoms with Gasteiger partial charge in [-0.3, -0.25) is 0 Å². The molecule has 1 aromatic carbocycles. The second-order valence-corrected chi connectivity index (χ2v) is 5.74. The predicted molar refractivity (Wildman–Crippen MR) is 83.1 cm³/mol. The SMILES string of the molecule is Cc1ccc(-c2nc(CCNC(=O)N(C)C)cs2)cc1. The molecule has 1 N–H and O–H groups in total. The van der Waals surface area contributed by atoms with Gasteiger partial charge in [0.2, 0.25) is 0 Å². The fraction of sp³-hybridized carbons (Fsp3) is 0.333. The maximum Gasteiger partial charge on any atom is 0.316 e. The van der Waals surface area contributed by atoms with Crippen molar-refractivity contribution in [2.75, 3.05) is 20.6 Å². The highest BCUT2D eigenvalue weighted by Crippen LogP contribution is 2.23. The highest BCUT2D eigenvalue weighted by atomic mass is 32.1. The first-order chi connectivity index (χ1) is 9.56. The standard InChI is InChI=1S/C15H19N3OS/c1-11-4-6-12(7-5-11)14-17-13(10-20-14)8-9-16-15(19)18(2)3/h4-7,10H,8-9H2,1-3H3,(H,16,19). The molecule has 0 saturated carbocycles. The molecule has 1 aromatic heterocycles. The summed E-state index contributed by atoms with van der Waals surface area (Å²) < 4.78 is 0. The topological polar surface area (TPSA) is 45.2 Å². The van der Waals surface area contributed by atoms with Crippen molar-refractivity contribution in [2.24, 2.45) is 0 Å². The molecule has 2 aromatic rings. The van der Waals surface area contributed by atoms with E-state index in [9.17, 15) is 4.79 Å². The van der Waals surface area contributed by atoms with Gasteiger partial charge >= 0.3 is 6.03 Å². The van der Waals surface area contributed by atoms with Crippen LogP contribution in [0, 0.1) is 6.92 Å². The van der Waals surface area contributed by atoms with Crippen molar-refractivity contribution in [3.63, 3.8) is 0 Å². The number of benzene rings is 1. The third-order valence-corrected chi connectivity index (χ3v) is 3.85. The van der Waals surface area contributed by atoms with Crippen LogP contribution in [0.1, 0.15) is 11.3 Å². The molecular formula is C15H19N3OS. The monoisotopic (exact) mass is 289 g/mol. The third-order valence-electron chi connectivity index (χ3n) is 2.91. The molecule has 0 bridgehead atoms. The lowest BCUT2D eigenvalue weighted by Crippen LogP contribution is -2.35. The van der Waals surface area contributed by atoms with Crippen LogP contribution in [0.2, 0.25) is 0 Å². The summed E-state index contributed by atoms with van der Waals surface area (Å²) in [5.74, 6) is 0. The van der Waals surface area contributed by atoms with Crippen LogP contribution in [0.15, 0.2) is 29.6 Å². The summed E-state index contributed by atoms with van der Waals surface area (Å²) in [4.78, 5) is 17.5. The van der Waals surface area contributed by atoms with E-state index in [1.807, 2.05) is 0 Å². The Hall–Kier alpha value is -1.88. The molecule has 1 heterocycles. The summed E-state index contributed by atoms with van der Waals surface area (Å²) in [5.41, 5.74) is 3.41. The number of aryl methyl sites for hydroxylation is 1. The number of nitrogens with one attached hydrogen (secondary N) is 1. The summed E-state index contributed by atoms with van der Waals surface area (Å²) in [6.45, 7) is 2.68. The van der Waals surface area contributed by atoms with Crippen molar-refractivity contribution in [1.82, 2.24) is 15.2 Å². The minimum absolute atomic E-state index is 0.0704. The first-order valence-electron chi connectivity index (χ1n) is 6.53. The number of hydrogen-bond donors (Lipinski definition) is 1. The molecule has 20 heavy (non-hydrogen) atoms. The van der Waals surface area contributed by atoms with Crippen molar-refractivity contribution < 1.29 is 4.79 Å². The highest BCUT2D eigenvalue weighted by molar-refractivity contribution is 7.13. The molecule has 0 aliphatic carbocycles. The molecule has 0 saturated heterocycles. The second kappa shape index (κ2) is 6.52. The summed E-state index contributed by atoms with van der Waals surface area (Å²) >= 11 is 1.64. The van der Waals surface area contributed by atoms with Crippen LogP contribution < -0.4 is 5.32 Å². The quantitative estimate of drug-likeness (QED) is 0.940. The van der Waals surface area contributed by atoms with E-state index < -0.39 is 0 Å². The normalized spacial score (nSPS) is 10.3. The van der Waals surface area contributed by atoms with Crippen molar-refractivity contribution >= 4 is 17.4 Å². The van der Waals surface area contributed by atoms with Gasteiger partial charge in [-0.1, -0.05) is 29.8 Å². The number of rotatable bonds is 4. The van der Waals surface area contributed by atoms with E-state index in [1.54, 1.807) is 25.4 Å². The number of carbonyl (C=O) groups is 1. The Labute approximate surface area is 123 Å². The molecular weight excluding hydrogens is 270 g/mol. The van der Waals surface area contributed by atoms with Gasteiger partial charge in [0.25, 0.3) is 0 Å². The maximum atomic E-state index is 11.4. The molecule has 5 heteroatoms. The number of amides is 2. The minimum atomic E-state index is -0.0704. The van der Waals surface area contributed by atoms with Crippen LogP contribution in [-0.2, 0) is 6.42 Å². The van der Waals surface area contributed by atoms with Crippen LogP contribution in [0.3, 0.4) is 0 Å². The third kappa shape index (κ3) is 3.81. The van der Waals surface area contributed by atoms with Gasteiger partial charge in [0.1, 0.15) is 5.01 Å². The maximum absolute atomic E-state index is 11.4. The average molecular weight is 289 g/mol. The number of aromatic nitrogens is 1. The summed E-state index contributed by atoms with van der Waals surface area (Å²) in [5, 5.41) is 5.92. The van der Waals surface area contributed by atoms with Gasteiger partial charge in [0.05, 0.1) is 5.69 Å². The lowest BCUT2D eigenvalue weighted by atomic mass is 10.2. The smallest absolute Gasteiger partial charge is 0.316 e. The highest BCUT2D eigenvalue weighted by Gasteiger charge is 2.06. The molecule has 106 valence electrons. The number of carbonyl (C=O) groups excluding carboxylic acids is 1. The molecule has 0 atom stereocenters. The van der Waals surface area contributed by atoms with Gasteiger partial charge < -0.3 is 10.2 Å². The van der Waals surface area contributed by atoms with E-state index in [0.717, 1.165) is 22.7 Å². The average Bonchev–Trinajstić information content (AvgIpc) is 2.88. The van der Waals surface area contributed by atoms with Crippen molar-refractivity contribution in [1.29, 1.82) is 0 Å². The van der Waals surface area contributed by atoms with E-state index >= 15 is 0 Å². The second-order valence-electron chi connectivity index (χ2n) is 4.89. The van der Waals surface area contributed by atoms with Crippen LogP contribution in [0.4, 0.5) is 4.79 Å². The lowest BCUT2D eigenvalue weighted by molar-refractivity contribution is 0.217. The number of nitrogens with zero attached hydrogens (tertiary/aromatic N) is 2. The van der Waals surface area contributed by atoms with E-state index in [1.165, 1.54) is 10.5 Å². The van der Waals surface area contributed by atoms with E-state index in [-0.39, 0.29) is 6.03 Å². The number of urea groups is 1. The Morgan fingerprint density at radius 3 is 2.65 bits per heavy atom. The molecule has 4 nitrogen and oxygen atoms in total. The fourth-order valence-corrected chi connectivity index (χ4v) is 2.57. The largest absolute Gasteiger partial charge is 0.338 e. The predicted octanol–water partition coefficient (Wildman–Crippen LogP) is 2.93. The van der Waals surface area contributed by atoms with E-state index in [2.05, 4.69) is 46.9 Å².